The van der Waals surface area contributed by atoms with Gasteiger partial charge in [-0.05, 0) is 18.1 Å². The van der Waals surface area contributed by atoms with Gasteiger partial charge in [0.1, 0.15) is 13.1 Å². The minimum atomic E-state index is -1.90. The van der Waals surface area contributed by atoms with Crippen molar-refractivity contribution in [3.05, 3.63) is 0 Å². The predicted molar refractivity (Wildman–Crippen MR) is 84.3 cm³/mol. The van der Waals surface area contributed by atoms with Gasteiger partial charge in [0.2, 0.25) is 0 Å². The third-order valence-corrected chi connectivity index (χ3v) is 8.59. The molecule has 5 heteroatoms. The Labute approximate surface area is 125 Å². The Morgan fingerprint density at radius 1 is 1.20 bits per heavy atom. The van der Waals surface area contributed by atoms with Crippen molar-refractivity contribution in [2.24, 2.45) is 11.8 Å². The molecule has 3 atom stereocenters. The van der Waals surface area contributed by atoms with Crippen LogP contribution in [0.1, 0.15) is 34.6 Å². The lowest BCUT2D eigenvalue weighted by Crippen LogP contribution is -2.48. The Hall–Kier alpha value is -0.233. The third kappa shape index (κ3) is 6.04. The molecule has 0 amide bonds. The molecule has 0 aliphatic carbocycles. The summed E-state index contributed by atoms with van der Waals surface area (Å²) in [5, 5.41) is 0.126. The van der Waals surface area contributed by atoms with Crippen LogP contribution in [0.5, 0.6) is 0 Å². The molecule has 0 aromatic rings. The standard InChI is InChI=1S/C15H32O4Si/c1-12(9-16)14(13(2)10-18-11-17-6)19-20(7,8)15(3,4)5/h9,12-14H,10-11H2,1-8H3. The topological polar surface area (TPSA) is 44.8 Å². The van der Waals surface area contributed by atoms with Gasteiger partial charge in [0.05, 0.1) is 12.7 Å². The Bertz CT molecular complexity index is 286. The summed E-state index contributed by atoms with van der Waals surface area (Å²) in [4.78, 5) is 11.2. The molecule has 0 aliphatic rings. The molecule has 120 valence electrons. The number of aldehydes is 1. The molecule has 0 N–H and O–H groups in total. The van der Waals surface area contributed by atoms with E-state index < -0.39 is 8.32 Å². The summed E-state index contributed by atoms with van der Waals surface area (Å²) in [6, 6.07) is 0. The quantitative estimate of drug-likeness (QED) is 0.283. The molecule has 20 heavy (non-hydrogen) atoms. The zero-order valence-corrected chi connectivity index (χ0v) is 15.4. The predicted octanol–water partition coefficient (Wildman–Crippen LogP) is 3.47. The Balaban J connectivity index is 4.85. The van der Waals surface area contributed by atoms with Gasteiger partial charge in [-0.3, -0.25) is 0 Å². The van der Waals surface area contributed by atoms with Crippen LogP contribution in [-0.2, 0) is 18.7 Å². The first kappa shape index (κ1) is 19.8. The average molecular weight is 305 g/mol. The maximum Gasteiger partial charge on any atom is 0.192 e. The van der Waals surface area contributed by atoms with E-state index >= 15 is 0 Å². The molecular weight excluding hydrogens is 272 g/mol. The highest BCUT2D eigenvalue weighted by Gasteiger charge is 2.41. The van der Waals surface area contributed by atoms with Crippen LogP contribution in [0.4, 0.5) is 0 Å². The normalized spacial score (nSPS) is 17.6. The number of carbonyl (C=O) groups excluding carboxylic acids is 1. The Morgan fingerprint density at radius 3 is 2.15 bits per heavy atom. The third-order valence-electron chi connectivity index (χ3n) is 4.11. The largest absolute Gasteiger partial charge is 0.413 e. The molecule has 0 spiro atoms. The van der Waals surface area contributed by atoms with E-state index in [4.69, 9.17) is 13.9 Å². The fraction of sp³-hybridized carbons (Fsp3) is 0.933. The van der Waals surface area contributed by atoms with Gasteiger partial charge in [-0.15, -0.1) is 0 Å². The lowest BCUT2D eigenvalue weighted by atomic mass is 9.95. The van der Waals surface area contributed by atoms with Crippen molar-refractivity contribution in [1.29, 1.82) is 0 Å². The summed E-state index contributed by atoms with van der Waals surface area (Å²) in [6.45, 7) is 15.8. The van der Waals surface area contributed by atoms with Gasteiger partial charge in [0.25, 0.3) is 0 Å². The molecule has 0 rings (SSSR count). The summed E-state index contributed by atoms with van der Waals surface area (Å²) in [5.74, 6) is 0.0183. The van der Waals surface area contributed by atoms with Crippen LogP contribution in [0.3, 0.4) is 0 Å². The van der Waals surface area contributed by atoms with Crippen LogP contribution in [0.25, 0.3) is 0 Å². The number of ether oxygens (including phenoxy) is 2. The van der Waals surface area contributed by atoms with E-state index in [1.54, 1.807) is 7.11 Å². The first-order valence-electron chi connectivity index (χ1n) is 7.26. The van der Waals surface area contributed by atoms with Gasteiger partial charge in [-0.25, -0.2) is 0 Å². The first-order valence-corrected chi connectivity index (χ1v) is 10.2. The summed E-state index contributed by atoms with van der Waals surface area (Å²) >= 11 is 0. The van der Waals surface area contributed by atoms with E-state index in [1.165, 1.54) is 0 Å². The molecule has 3 unspecified atom stereocenters. The number of hydrogen-bond donors (Lipinski definition) is 0. The van der Waals surface area contributed by atoms with Gasteiger partial charge in [-0.2, -0.15) is 0 Å². The van der Waals surface area contributed by atoms with Crippen molar-refractivity contribution in [1.82, 2.24) is 0 Å². The second kappa shape index (κ2) is 8.27. The molecule has 0 fully saturated rings. The van der Waals surface area contributed by atoms with Gasteiger partial charge in [-0.1, -0.05) is 34.6 Å². The molecule has 0 saturated carbocycles. The highest BCUT2D eigenvalue weighted by atomic mass is 28.4. The van der Waals surface area contributed by atoms with Gasteiger partial charge < -0.3 is 18.7 Å². The van der Waals surface area contributed by atoms with Crippen LogP contribution < -0.4 is 0 Å². The fourth-order valence-electron chi connectivity index (χ4n) is 1.75. The molecule has 0 bridgehead atoms. The number of carbonyl (C=O) groups is 1. The van der Waals surface area contributed by atoms with Gasteiger partial charge >= 0.3 is 0 Å². The zero-order chi connectivity index (χ0) is 16.0. The fourth-order valence-corrected chi connectivity index (χ4v) is 3.23. The van der Waals surface area contributed by atoms with Crippen molar-refractivity contribution in [2.75, 3.05) is 20.5 Å². The van der Waals surface area contributed by atoms with E-state index in [9.17, 15) is 4.79 Å². The highest BCUT2D eigenvalue weighted by Crippen LogP contribution is 2.39. The Morgan fingerprint density at radius 2 is 1.75 bits per heavy atom. The number of rotatable bonds is 9. The van der Waals surface area contributed by atoms with Crippen molar-refractivity contribution >= 4 is 14.6 Å². The average Bonchev–Trinajstić information content (AvgIpc) is 2.33. The maximum absolute atomic E-state index is 11.2. The van der Waals surface area contributed by atoms with Crippen LogP contribution in [0.2, 0.25) is 18.1 Å². The van der Waals surface area contributed by atoms with Crippen molar-refractivity contribution < 1.29 is 18.7 Å². The van der Waals surface area contributed by atoms with Crippen LogP contribution in [0, 0.1) is 11.8 Å². The van der Waals surface area contributed by atoms with Crippen molar-refractivity contribution in [2.45, 2.75) is 58.9 Å². The second-order valence-corrected chi connectivity index (χ2v) is 11.8. The minimum absolute atomic E-state index is 0.106. The molecule has 0 heterocycles. The SMILES string of the molecule is COCOCC(C)C(O[Si](C)(C)C(C)(C)C)C(C)C=O. The molecule has 0 saturated heterocycles. The van der Waals surface area contributed by atoms with E-state index in [2.05, 4.69) is 40.8 Å². The second-order valence-electron chi connectivity index (χ2n) is 7.09. The lowest BCUT2D eigenvalue weighted by molar-refractivity contribution is -0.115. The highest BCUT2D eigenvalue weighted by molar-refractivity contribution is 6.74. The maximum atomic E-state index is 11.2. The van der Waals surface area contributed by atoms with E-state index in [1.807, 2.05) is 6.92 Å². The van der Waals surface area contributed by atoms with E-state index in [0.717, 1.165) is 6.29 Å². The number of methoxy groups -OCH3 is 1. The summed E-state index contributed by atoms with van der Waals surface area (Å²) < 4.78 is 16.7. The van der Waals surface area contributed by atoms with Crippen LogP contribution in [0.15, 0.2) is 0 Å². The lowest BCUT2D eigenvalue weighted by Gasteiger charge is -2.42. The molecule has 0 aromatic heterocycles. The molecule has 4 nitrogen and oxygen atoms in total. The summed E-state index contributed by atoms with van der Waals surface area (Å²) in [5.41, 5.74) is 0. The summed E-state index contributed by atoms with van der Waals surface area (Å²) in [7, 11) is -0.303. The van der Waals surface area contributed by atoms with E-state index in [0.29, 0.717) is 6.61 Å². The van der Waals surface area contributed by atoms with Crippen LogP contribution >= 0.6 is 0 Å². The summed E-state index contributed by atoms with van der Waals surface area (Å²) in [6.07, 6.45) is 0.871. The monoisotopic (exact) mass is 304 g/mol. The molecule has 0 radical (unpaired) electrons. The van der Waals surface area contributed by atoms with Crippen molar-refractivity contribution in [3.8, 4) is 0 Å². The van der Waals surface area contributed by atoms with E-state index in [-0.39, 0.29) is 29.8 Å². The first-order chi connectivity index (χ1) is 9.06. The zero-order valence-electron chi connectivity index (χ0n) is 14.4. The van der Waals surface area contributed by atoms with Gasteiger partial charge in [0, 0.05) is 18.9 Å². The molecular formula is C15H32O4Si. The van der Waals surface area contributed by atoms with Crippen LogP contribution in [-0.4, -0.2) is 41.2 Å². The molecule has 0 aromatic carbocycles. The smallest absolute Gasteiger partial charge is 0.192 e. The van der Waals surface area contributed by atoms with Crippen molar-refractivity contribution in [3.63, 3.8) is 0 Å². The molecule has 0 aliphatic heterocycles. The Kier molecular flexibility index (Phi) is 8.17. The number of hydrogen-bond acceptors (Lipinski definition) is 4. The van der Waals surface area contributed by atoms with Gasteiger partial charge in [0.15, 0.2) is 8.32 Å². The minimum Gasteiger partial charge on any atom is -0.413 e.